The second-order valence-electron chi connectivity index (χ2n) is 2.98. The molecule has 0 aromatic carbocycles. The number of halogens is 3. The van der Waals surface area contributed by atoms with Gasteiger partial charge >= 0.3 is 12.3 Å². The third-order valence-corrected chi connectivity index (χ3v) is 1.50. The van der Waals surface area contributed by atoms with Crippen LogP contribution in [0, 0.1) is 0 Å². The number of carboxylic acid groups (broad SMARTS) is 1. The fraction of sp³-hybridized carbons (Fsp3) is 0.714. The van der Waals surface area contributed by atoms with E-state index in [0.29, 0.717) is 4.90 Å². The van der Waals surface area contributed by atoms with Crippen molar-refractivity contribution in [2.24, 2.45) is 0 Å². The number of carbonyl (C=O) groups is 2. The average Bonchev–Trinajstić information content (AvgIpc) is 1.98. The molecule has 0 aliphatic carbocycles. The first kappa shape index (κ1) is 13.5. The monoisotopic (exact) mass is 228 g/mol. The molecular formula is C7H11F3N2O3. The number of alkyl halides is 3. The van der Waals surface area contributed by atoms with Gasteiger partial charge < -0.3 is 15.3 Å². The normalized spacial score (nSPS) is 13.1. The lowest BCUT2D eigenvalue weighted by Crippen LogP contribution is -2.47. The molecule has 2 amide bonds. The van der Waals surface area contributed by atoms with Gasteiger partial charge in [0.25, 0.3) is 0 Å². The van der Waals surface area contributed by atoms with Crippen LogP contribution in [-0.2, 0) is 4.79 Å². The Morgan fingerprint density at radius 2 is 1.93 bits per heavy atom. The van der Waals surface area contributed by atoms with E-state index in [4.69, 9.17) is 5.11 Å². The SMILES string of the molecule is CC(NC(=O)O)C(=O)N(C)CC(F)(F)F. The van der Waals surface area contributed by atoms with Crippen molar-refractivity contribution in [2.75, 3.05) is 13.6 Å². The number of hydrogen-bond acceptors (Lipinski definition) is 2. The van der Waals surface area contributed by atoms with Crippen LogP contribution in [0.5, 0.6) is 0 Å². The number of amides is 2. The summed E-state index contributed by atoms with van der Waals surface area (Å²) in [5, 5.41) is 10.0. The zero-order valence-corrected chi connectivity index (χ0v) is 8.13. The summed E-state index contributed by atoms with van der Waals surface area (Å²) in [7, 11) is 0.954. The number of nitrogens with zero attached hydrogens (tertiary/aromatic N) is 1. The van der Waals surface area contributed by atoms with Gasteiger partial charge in [-0.2, -0.15) is 13.2 Å². The Morgan fingerprint density at radius 1 is 1.47 bits per heavy atom. The molecule has 0 aromatic rings. The molecule has 15 heavy (non-hydrogen) atoms. The van der Waals surface area contributed by atoms with Crippen molar-refractivity contribution >= 4 is 12.0 Å². The summed E-state index contributed by atoms with van der Waals surface area (Å²) >= 11 is 0. The highest BCUT2D eigenvalue weighted by atomic mass is 19.4. The summed E-state index contributed by atoms with van der Waals surface area (Å²) in [6.45, 7) is -0.235. The first-order valence-corrected chi connectivity index (χ1v) is 3.94. The van der Waals surface area contributed by atoms with Gasteiger partial charge in [0.1, 0.15) is 12.6 Å². The van der Waals surface area contributed by atoms with Gasteiger partial charge in [0.15, 0.2) is 0 Å². The Balaban J connectivity index is 4.26. The maximum Gasteiger partial charge on any atom is 0.406 e. The summed E-state index contributed by atoms with van der Waals surface area (Å²) < 4.78 is 35.6. The molecule has 0 spiro atoms. The number of rotatable bonds is 3. The largest absolute Gasteiger partial charge is 0.465 e. The van der Waals surface area contributed by atoms with Crippen LogP contribution in [0.25, 0.3) is 0 Å². The summed E-state index contributed by atoms with van der Waals surface area (Å²) in [5.41, 5.74) is 0. The first-order valence-electron chi connectivity index (χ1n) is 3.94. The topological polar surface area (TPSA) is 69.6 Å². The maximum absolute atomic E-state index is 11.9. The molecule has 88 valence electrons. The molecule has 0 rings (SSSR count). The second kappa shape index (κ2) is 4.85. The molecule has 0 saturated heterocycles. The Kier molecular flexibility index (Phi) is 4.38. The second-order valence-corrected chi connectivity index (χ2v) is 2.98. The predicted octanol–water partition coefficient (Wildman–Crippen LogP) is 0.663. The zero-order chi connectivity index (χ0) is 12.2. The van der Waals surface area contributed by atoms with Gasteiger partial charge in [-0.1, -0.05) is 0 Å². The van der Waals surface area contributed by atoms with Crippen LogP contribution in [-0.4, -0.2) is 47.8 Å². The third-order valence-electron chi connectivity index (χ3n) is 1.50. The van der Waals surface area contributed by atoms with E-state index in [1.54, 1.807) is 5.32 Å². The van der Waals surface area contributed by atoms with Crippen LogP contribution in [0.15, 0.2) is 0 Å². The molecule has 0 fully saturated rings. The summed E-state index contributed by atoms with van der Waals surface area (Å²) in [5.74, 6) is -0.935. The van der Waals surface area contributed by atoms with Crippen LogP contribution < -0.4 is 5.32 Å². The zero-order valence-electron chi connectivity index (χ0n) is 8.13. The van der Waals surface area contributed by atoms with E-state index in [1.807, 2.05) is 0 Å². The fourth-order valence-electron chi connectivity index (χ4n) is 0.924. The van der Waals surface area contributed by atoms with Gasteiger partial charge in [-0.3, -0.25) is 4.79 Å². The van der Waals surface area contributed by atoms with E-state index in [0.717, 1.165) is 7.05 Å². The molecule has 1 unspecified atom stereocenters. The summed E-state index contributed by atoms with van der Waals surface area (Å²) in [6.07, 6.45) is -5.95. The molecule has 0 heterocycles. The molecule has 8 heteroatoms. The van der Waals surface area contributed by atoms with Crippen molar-refractivity contribution in [1.29, 1.82) is 0 Å². The lowest BCUT2D eigenvalue weighted by atomic mass is 10.3. The van der Waals surface area contributed by atoms with Crippen LogP contribution >= 0.6 is 0 Å². The van der Waals surface area contributed by atoms with Crippen molar-refractivity contribution in [3.8, 4) is 0 Å². The van der Waals surface area contributed by atoms with E-state index < -0.39 is 30.8 Å². The standard InChI is InChI=1S/C7H11F3N2O3/c1-4(11-6(14)15)5(13)12(2)3-7(8,9)10/h4,11H,3H2,1-2H3,(H,14,15). The lowest BCUT2D eigenvalue weighted by molar-refractivity contribution is -0.159. The third kappa shape index (κ3) is 5.76. The van der Waals surface area contributed by atoms with Crippen LogP contribution in [0.1, 0.15) is 6.92 Å². The molecule has 0 aromatic heterocycles. The lowest BCUT2D eigenvalue weighted by Gasteiger charge is -2.22. The molecular weight excluding hydrogens is 217 g/mol. The number of hydrogen-bond donors (Lipinski definition) is 2. The van der Waals surface area contributed by atoms with Gasteiger partial charge in [0.2, 0.25) is 5.91 Å². The molecule has 5 nitrogen and oxygen atoms in total. The van der Waals surface area contributed by atoms with Crippen molar-refractivity contribution < 1.29 is 27.9 Å². The highest BCUT2D eigenvalue weighted by Gasteiger charge is 2.32. The van der Waals surface area contributed by atoms with E-state index in [2.05, 4.69) is 0 Å². The molecule has 0 aliphatic heterocycles. The van der Waals surface area contributed by atoms with Crippen molar-refractivity contribution in [2.45, 2.75) is 19.1 Å². The van der Waals surface area contributed by atoms with Crippen LogP contribution in [0.4, 0.5) is 18.0 Å². The Hall–Kier alpha value is -1.47. The highest BCUT2D eigenvalue weighted by Crippen LogP contribution is 2.15. The van der Waals surface area contributed by atoms with Gasteiger partial charge in [-0.05, 0) is 6.92 Å². The number of nitrogens with one attached hydrogen (secondary N) is 1. The van der Waals surface area contributed by atoms with Gasteiger partial charge in [-0.25, -0.2) is 4.79 Å². The predicted molar refractivity (Wildman–Crippen MR) is 44.3 cm³/mol. The molecule has 1 atom stereocenters. The summed E-state index contributed by atoms with van der Waals surface area (Å²) in [6, 6.07) is -1.20. The average molecular weight is 228 g/mol. The molecule has 0 bridgehead atoms. The Morgan fingerprint density at radius 3 is 2.27 bits per heavy atom. The van der Waals surface area contributed by atoms with Gasteiger partial charge in [0.05, 0.1) is 0 Å². The molecule has 0 saturated carbocycles. The van der Waals surface area contributed by atoms with E-state index in [1.165, 1.54) is 6.92 Å². The Labute approximate surface area is 83.9 Å². The Bertz CT molecular complexity index is 254. The minimum atomic E-state index is -4.49. The minimum Gasteiger partial charge on any atom is -0.465 e. The highest BCUT2D eigenvalue weighted by molar-refractivity contribution is 5.84. The number of likely N-dealkylation sites (N-methyl/N-ethyl adjacent to an activating group) is 1. The first-order chi connectivity index (χ1) is 6.63. The fourth-order valence-corrected chi connectivity index (χ4v) is 0.924. The van der Waals surface area contributed by atoms with Crippen LogP contribution in [0.3, 0.4) is 0 Å². The smallest absolute Gasteiger partial charge is 0.406 e. The van der Waals surface area contributed by atoms with Crippen molar-refractivity contribution in [3.05, 3.63) is 0 Å². The molecule has 2 N–H and O–H groups in total. The maximum atomic E-state index is 11.9. The molecule has 0 aliphatic rings. The van der Waals surface area contributed by atoms with Gasteiger partial charge in [-0.15, -0.1) is 0 Å². The van der Waals surface area contributed by atoms with E-state index >= 15 is 0 Å². The quantitative estimate of drug-likeness (QED) is 0.745. The molecule has 0 radical (unpaired) electrons. The van der Waals surface area contributed by atoms with Crippen LogP contribution in [0.2, 0.25) is 0 Å². The van der Waals surface area contributed by atoms with Gasteiger partial charge in [0, 0.05) is 7.05 Å². The number of carbonyl (C=O) groups excluding carboxylic acids is 1. The minimum absolute atomic E-state index is 0.417. The van der Waals surface area contributed by atoms with Crippen molar-refractivity contribution in [3.63, 3.8) is 0 Å². The van der Waals surface area contributed by atoms with E-state index in [9.17, 15) is 22.8 Å². The van der Waals surface area contributed by atoms with Crippen molar-refractivity contribution in [1.82, 2.24) is 10.2 Å². The summed E-state index contributed by atoms with van der Waals surface area (Å²) in [4.78, 5) is 21.7. The van der Waals surface area contributed by atoms with E-state index in [-0.39, 0.29) is 0 Å².